The first kappa shape index (κ1) is 15.6. The molecular weight excluding hydrogens is 294 g/mol. The zero-order valence-electron chi connectivity index (χ0n) is 13.2. The number of nitrogens with one attached hydrogen (secondary N) is 1. The first-order valence-electron chi connectivity index (χ1n) is 7.83. The molecular formula is C18H21NO4. The fourth-order valence-electron chi connectivity index (χ4n) is 2.65. The summed E-state index contributed by atoms with van der Waals surface area (Å²) in [6, 6.07) is 11.6. The van der Waals surface area contributed by atoms with Crippen LogP contribution in [0.2, 0.25) is 0 Å². The van der Waals surface area contributed by atoms with Crippen LogP contribution in [0.5, 0.6) is 11.5 Å². The Morgan fingerprint density at radius 1 is 1.22 bits per heavy atom. The molecule has 1 saturated heterocycles. The van der Waals surface area contributed by atoms with E-state index in [1.807, 2.05) is 36.4 Å². The van der Waals surface area contributed by atoms with Crippen molar-refractivity contribution in [1.29, 1.82) is 0 Å². The molecule has 5 heteroatoms. The molecule has 1 fully saturated rings. The van der Waals surface area contributed by atoms with E-state index in [9.17, 15) is 4.79 Å². The molecule has 1 aliphatic heterocycles. The van der Waals surface area contributed by atoms with Gasteiger partial charge in [0.15, 0.2) is 6.61 Å². The predicted octanol–water partition coefficient (Wildman–Crippen LogP) is 2.52. The largest absolute Gasteiger partial charge is 0.497 e. The Morgan fingerprint density at radius 3 is 2.74 bits per heavy atom. The second-order valence-electron chi connectivity index (χ2n) is 5.60. The molecule has 1 atom stereocenters. The summed E-state index contributed by atoms with van der Waals surface area (Å²) in [6.07, 6.45) is 2.22. The Hall–Kier alpha value is -2.27. The van der Waals surface area contributed by atoms with Gasteiger partial charge in [-0.3, -0.25) is 4.79 Å². The number of methoxy groups -OCH3 is 1. The molecule has 2 aromatic rings. The van der Waals surface area contributed by atoms with Crippen LogP contribution in [-0.4, -0.2) is 38.9 Å². The minimum Gasteiger partial charge on any atom is -0.497 e. The number of amides is 1. The number of carbonyl (C=O) groups is 1. The molecule has 2 aromatic carbocycles. The van der Waals surface area contributed by atoms with Crippen molar-refractivity contribution in [2.45, 2.75) is 18.9 Å². The average Bonchev–Trinajstić information content (AvgIpc) is 3.11. The van der Waals surface area contributed by atoms with Gasteiger partial charge in [0.1, 0.15) is 11.5 Å². The lowest BCUT2D eigenvalue weighted by Crippen LogP contribution is -2.35. The summed E-state index contributed by atoms with van der Waals surface area (Å²) in [5, 5.41) is 4.95. The van der Waals surface area contributed by atoms with E-state index in [4.69, 9.17) is 14.2 Å². The first-order chi connectivity index (χ1) is 11.2. The minimum atomic E-state index is -0.133. The summed E-state index contributed by atoms with van der Waals surface area (Å²) in [4.78, 5) is 11.8. The van der Waals surface area contributed by atoms with Crippen LogP contribution in [0.4, 0.5) is 0 Å². The summed E-state index contributed by atoms with van der Waals surface area (Å²) < 4.78 is 16.3. The molecule has 0 saturated carbocycles. The second-order valence-corrected chi connectivity index (χ2v) is 5.60. The van der Waals surface area contributed by atoms with Crippen LogP contribution < -0.4 is 14.8 Å². The Labute approximate surface area is 135 Å². The van der Waals surface area contributed by atoms with Gasteiger partial charge in [0.2, 0.25) is 0 Å². The average molecular weight is 315 g/mol. The molecule has 1 aliphatic rings. The van der Waals surface area contributed by atoms with Crippen LogP contribution >= 0.6 is 0 Å². The number of fused-ring (bicyclic) bond motifs is 1. The monoisotopic (exact) mass is 315 g/mol. The summed E-state index contributed by atoms with van der Waals surface area (Å²) in [5.41, 5.74) is 0. The zero-order chi connectivity index (χ0) is 16.1. The zero-order valence-corrected chi connectivity index (χ0v) is 13.2. The van der Waals surface area contributed by atoms with Crippen molar-refractivity contribution in [3.8, 4) is 11.5 Å². The molecule has 0 radical (unpaired) electrons. The second kappa shape index (κ2) is 7.33. The maximum Gasteiger partial charge on any atom is 0.258 e. The van der Waals surface area contributed by atoms with E-state index in [2.05, 4.69) is 5.32 Å². The highest BCUT2D eigenvalue weighted by Crippen LogP contribution is 2.24. The Bertz CT molecular complexity index is 680. The molecule has 0 aliphatic carbocycles. The lowest BCUT2D eigenvalue weighted by Gasteiger charge is -2.12. The van der Waals surface area contributed by atoms with Gasteiger partial charge in [0.25, 0.3) is 5.91 Å². The van der Waals surface area contributed by atoms with E-state index in [1.54, 1.807) is 7.11 Å². The van der Waals surface area contributed by atoms with Crippen molar-refractivity contribution in [2.24, 2.45) is 0 Å². The molecule has 1 N–H and O–H groups in total. The van der Waals surface area contributed by atoms with Gasteiger partial charge in [-0.2, -0.15) is 0 Å². The predicted molar refractivity (Wildman–Crippen MR) is 88.0 cm³/mol. The van der Waals surface area contributed by atoms with Gasteiger partial charge in [-0.05, 0) is 47.9 Å². The van der Waals surface area contributed by atoms with E-state index >= 15 is 0 Å². The Balaban J connectivity index is 1.54. The topological polar surface area (TPSA) is 56.8 Å². The van der Waals surface area contributed by atoms with Crippen LogP contribution in [-0.2, 0) is 9.53 Å². The fraction of sp³-hybridized carbons (Fsp3) is 0.389. The maximum absolute atomic E-state index is 11.8. The van der Waals surface area contributed by atoms with Gasteiger partial charge in [-0.25, -0.2) is 0 Å². The molecule has 5 nitrogen and oxygen atoms in total. The number of benzene rings is 2. The lowest BCUT2D eigenvalue weighted by atomic mass is 10.1. The third-order valence-corrected chi connectivity index (χ3v) is 3.94. The van der Waals surface area contributed by atoms with E-state index in [-0.39, 0.29) is 18.6 Å². The van der Waals surface area contributed by atoms with Crippen molar-refractivity contribution in [2.75, 3.05) is 26.9 Å². The summed E-state index contributed by atoms with van der Waals surface area (Å²) in [7, 11) is 1.64. The minimum absolute atomic E-state index is 0.00218. The molecule has 1 amide bonds. The normalized spacial score (nSPS) is 17.2. The van der Waals surface area contributed by atoms with Gasteiger partial charge in [0, 0.05) is 13.2 Å². The molecule has 0 spiro atoms. The van der Waals surface area contributed by atoms with Gasteiger partial charge in [0.05, 0.1) is 13.2 Å². The van der Waals surface area contributed by atoms with Gasteiger partial charge in [-0.15, -0.1) is 0 Å². The standard InChI is InChI=1S/C18H21NO4/c1-21-15-6-4-13-5-7-16(10-14(13)9-15)23-12-18(20)19-11-17-3-2-8-22-17/h4-7,9-10,17H,2-3,8,11-12H2,1H3,(H,19,20)/t17-/m1/s1. The summed E-state index contributed by atoms with van der Waals surface area (Å²) in [6.45, 7) is 1.34. The molecule has 23 heavy (non-hydrogen) atoms. The van der Waals surface area contributed by atoms with Crippen molar-refractivity contribution in [3.05, 3.63) is 36.4 Å². The summed E-state index contributed by atoms with van der Waals surface area (Å²) >= 11 is 0. The van der Waals surface area contributed by atoms with Crippen LogP contribution in [0.15, 0.2) is 36.4 Å². The van der Waals surface area contributed by atoms with Gasteiger partial charge >= 0.3 is 0 Å². The molecule has 1 heterocycles. The molecule has 122 valence electrons. The molecule has 0 aromatic heterocycles. The van der Waals surface area contributed by atoms with Crippen LogP contribution in [0.1, 0.15) is 12.8 Å². The van der Waals surface area contributed by atoms with Crippen LogP contribution in [0, 0.1) is 0 Å². The van der Waals surface area contributed by atoms with E-state index < -0.39 is 0 Å². The van der Waals surface area contributed by atoms with Crippen LogP contribution in [0.3, 0.4) is 0 Å². The molecule has 0 unspecified atom stereocenters. The third kappa shape index (κ3) is 4.13. The van der Waals surface area contributed by atoms with Crippen LogP contribution in [0.25, 0.3) is 10.8 Å². The lowest BCUT2D eigenvalue weighted by molar-refractivity contribution is -0.123. The smallest absolute Gasteiger partial charge is 0.258 e. The maximum atomic E-state index is 11.8. The van der Waals surface area contributed by atoms with Crippen molar-refractivity contribution in [1.82, 2.24) is 5.32 Å². The quantitative estimate of drug-likeness (QED) is 0.890. The van der Waals surface area contributed by atoms with E-state index in [1.165, 1.54) is 0 Å². The Kier molecular flexibility index (Phi) is 4.98. The number of carbonyl (C=O) groups excluding carboxylic acids is 1. The van der Waals surface area contributed by atoms with Gasteiger partial charge in [-0.1, -0.05) is 12.1 Å². The van der Waals surface area contributed by atoms with E-state index in [0.29, 0.717) is 12.3 Å². The Morgan fingerprint density at radius 2 is 2.00 bits per heavy atom. The SMILES string of the molecule is COc1ccc2ccc(OCC(=O)NC[C@H]3CCCO3)cc2c1. The molecule has 0 bridgehead atoms. The highest BCUT2D eigenvalue weighted by molar-refractivity contribution is 5.85. The van der Waals surface area contributed by atoms with Crippen molar-refractivity contribution >= 4 is 16.7 Å². The number of ether oxygens (including phenoxy) is 3. The fourth-order valence-corrected chi connectivity index (χ4v) is 2.65. The highest BCUT2D eigenvalue weighted by atomic mass is 16.5. The van der Waals surface area contributed by atoms with Crippen molar-refractivity contribution < 1.29 is 19.0 Å². The van der Waals surface area contributed by atoms with Crippen molar-refractivity contribution in [3.63, 3.8) is 0 Å². The van der Waals surface area contributed by atoms with Gasteiger partial charge < -0.3 is 19.5 Å². The third-order valence-electron chi connectivity index (χ3n) is 3.94. The summed E-state index contributed by atoms with van der Waals surface area (Å²) in [5.74, 6) is 1.33. The first-order valence-corrected chi connectivity index (χ1v) is 7.83. The number of rotatable bonds is 6. The number of hydrogen-bond donors (Lipinski definition) is 1. The van der Waals surface area contributed by atoms with E-state index in [0.717, 1.165) is 36.0 Å². The number of hydrogen-bond acceptors (Lipinski definition) is 4. The highest BCUT2D eigenvalue weighted by Gasteiger charge is 2.16. The molecule has 3 rings (SSSR count).